The highest BCUT2D eigenvalue weighted by atomic mass is 32.2. The monoisotopic (exact) mass is 863 g/mol. The van der Waals surface area contributed by atoms with Crippen LogP contribution >= 0.6 is 23.1 Å². The number of nitrogens with zero attached hydrogens (tertiary/aromatic N) is 3. The number of anilines is 1. The number of thioether (sulfide) groups is 1. The van der Waals surface area contributed by atoms with Gasteiger partial charge in [-0.25, -0.2) is 4.98 Å². The van der Waals surface area contributed by atoms with Gasteiger partial charge in [0.2, 0.25) is 5.91 Å². The van der Waals surface area contributed by atoms with Crippen molar-refractivity contribution in [2.75, 3.05) is 38.4 Å². The maximum atomic E-state index is 14.4. The maximum Gasteiger partial charge on any atom is 0.319 e. The van der Waals surface area contributed by atoms with Crippen molar-refractivity contribution in [2.24, 2.45) is 10.6 Å². The second-order valence-corrected chi connectivity index (χ2v) is 16.8. The van der Waals surface area contributed by atoms with Gasteiger partial charge in [-0.1, -0.05) is 169 Å². The molecule has 2 saturated heterocycles. The molecule has 2 aliphatic rings. The Morgan fingerprint density at radius 3 is 1.89 bits per heavy atom. The molecule has 11 nitrogen and oxygen atoms in total. The molecule has 2 fully saturated rings. The Labute approximate surface area is 368 Å². The van der Waals surface area contributed by atoms with E-state index in [1.165, 1.54) is 30.2 Å². The first-order chi connectivity index (χ1) is 30.4. The van der Waals surface area contributed by atoms with Crippen LogP contribution in [0.25, 0.3) is 0 Å². The molecule has 0 radical (unpaired) electrons. The van der Waals surface area contributed by atoms with Crippen LogP contribution in [0.4, 0.5) is 5.13 Å². The number of benzene rings is 5. The number of β-lactam (4-membered cyclic amide) rings is 1. The smallest absolute Gasteiger partial charge is 0.319 e. The number of methoxy groups -OCH3 is 1. The molecule has 3 atom stereocenters. The van der Waals surface area contributed by atoms with E-state index in [-0.39, 0.29) is 30.5 Å². The number of nitrogens with one attached hydrogen (secondary N) is 2. The molecule has 2 N–H and O–H groups in total. The van der Waals surface area contributed by atoms with Crippen LogP contribution in [-0.4, -0.2) is 77.9 Å². The number of carbonyl (C=O) groups excluding carboxylic acids is 3. The lowest BCUT2D eigenvalue weighted by Crippen LogP contribution is -2.74. The summed E-state index contributed by atoms with van der Waals surface area (Å²) in [5.74, 6) is -1.11. The van der Waals surface area contributed by atoms with E-state index in [1.54, 1.807) is 29.5 Å². The van der Waals surface area contributed by atoms with E-state index in [1.807, 2.05) is 115 Å². The number of rotatable bonds is 16. The molecule has 8 rings (SSSR count). The molecule has 2 amide bonds. The van der Waals surface area contributed by atoms with Crippen molar-refractivity contribution in [3.63, 3.8) is 0 Å². The molecular formula is C49H45N5O6S2. The second-order valence-electron chi connectivity index (χ2n) is 14.9. The third-order valence-corrected chi connectivity index (χ3v) is 13.3. The van der Waals surface area contributed by atoms with E-state index in [4.69, 9.17) is 19.3 Å². The van der Waals surface area contributed by atoms with Crippen LogP contribution in [-0.2, 0) is 34.2 Å². The van der Waals surface area contributed by atoms with E-state index in [0.717, 1.165) is 27.8 Å². The van der Waals surface area contributed by atoms with Gasteiger partial charge in [-0.15, -0.1) is 23.1 Å². The Balaban J connectivity index is 1.01. The zero-order valence-electron chi connectivity index (χ0n) is 34.1. The fourth-order valence-electron chi connectivity index (χ4n) is 7.95. The zero-order chi connectivity index (χ0) is 42.9. The van der Waals surface area contributed by atoms with Gasteiger partial charge in [-0.05, 0) is 27.8 Å². The summed E-state index contributed by atoms with van der Waals surface area (Å²) in [5, 5.41) is 12.6. The SMILES string of the molecule is COCC=CC1(C(=O)OC(c2ccccc2)c2ccccc2)CS[C@@H]2C(NC(=O)C(=NOC)c3csc(NC(c4ccccc4)(c4ccccc4)c4ccccc4)n3)C(=O)N2C1. The summed E-state index contributed by atoms with van der Waals surface area (Å²) in [6.45, 7) is 0.342. The van der Waals surface area contributed by atoms with Gasteiger partial charge >= 0.3 is 5.97 Å². The fourth-order valence-corrected chi connectivity index (χ4v) is 10.2. The number of ether oxygens (including phenoxy) is 2. The minimum atomic E-state index is -1.17. The highest BCUT2D eigenvalue weighted by molar-refractivity contribution is 8.00. The van der Waals surface area contributed by atoms with E-state index in [2.05, 4.69) is 52.2 Å². The van der Waals surface area contributed by atoms with Crippen molar-refractivity contribution in [3.05, 3.63) is 203 Å². The Kier molecular flexibility index (Phi) is 12.9. The molecule has 0 saturated carbocycles. The number of thiazole rings is 1. The number of esters is 1. The van der Waals surface area contributed by atoms with Crippen LogP contribution in [0.2, 0.25) is 0 Å². The van der Waals surface area contributed by atoms with Gasteiger partial charge in [0.1, 0.15) is 35.2 Å². The van der Waals surface area contributed by atoms with E-state index < -0.39 is 40.4 Å². The normalized spacial score (nSPS) is 18.8. The highest BCUT2D eigenvalue weighted by Gasteiger charge is 2.57. The van der Waals surface area contributed by atoms with E-state index >= 15 is 0 Å². The standard InChI is InChI=1S/C49H45N5O6S2/c1-58-30-18-29-48(46(57)60-42(34-19-8-3-9-20-34)35-21-10-4-11-22-35)32-54-44(56)41(45(54)62-33-48)51-43(55)40(53-59-2)39-31-61-47(50-39)52-49(36-23-12-5-13-24-36,37-25-14-6-15-26-37)38-27-16-7-17-28-38/h3-29,31,41-42,45H,30,32-33H2,1-2H3,(H,50,52)(H,51,55)/t41?,45-,48?/m1/s1. The lowest BCUT2D eigenvalue weighted by molar-refractivity contribution is -0.162. The number of amides is 2. The van der Waals surface area contributed by atoms with Gasteiger partial charge in [0.15, 0.2) is 16.9 Å². The molecule has 62 heavy (non-hydrogen) atoms. The summed E-state index contributed by atoms with van der Waals surface area (Å²) in [7, 11) is 2.93. The third kappa shape index (κ3) is 8.51. The summed E-state index contributed by atoms with van der Waals surface area (Å²) in [5.41, 5.74) is 2.81. The predicted octanol–water partition coefficient (Wildman–Crippen LogP) is 7.82. The van der Waals surface area contributed by atoms with Gasteiger partial charge in [-0.3, -0.25) is 14.4 Å². The Morgan fingerprint density at radius 2 is 1.37 bits per heavy atom. The number of oxime groups is 1. The zero-order valence-corrected chi connectivity index (χ0v) is 35.8. The van der Waals surface area contributed by atoms with Gasteiger partial charge in [-0.2, -0.15) is 0 Å². The maximum absolute atomic E-state index is 14.4. The minimum absolute atomic E-state index is 0.0668. The molecule has 1 aromatic heterocycles. The average Bonchev–Trinajstić information content (AvgIpc) is 3.80. The topological polar surface area (TPSA) is 131 Å². The number of aromatic nitrogens is 1. The number of hydrogen-bond acceptors (Lipinski definition) is 11. The number of fused-ring (bicyclic) bond motifs is 1. The predicted molar refractivity (Wildman–Crippen MR) is 243 cm³/mol. The van der Waals surface area contributed by atoms with Crippen LogP contribution < -0.4 is 10.6 Å². The molecule has 2 unspecified atom stereocenters. The first-order valence-corrected chi connectivity index (χ1v) is 22.0. The molecule has 13 heteroatoms. The van der Waals surface area contributed by atoms with Crippen molar-refractivity contribution >= 4 is 51.7 Å². The Morgan fingerprint density at radius 1 is 0.839 bits per heavy atom. The van der Waals surface area contributed by atoms with Crippen molar-refractivity contribution in [1.82, 2.24) is 15.2 Å². The van der Waals surface area contributed by atoms with Crippen LogP contribution in [0.1, 0.15) is 39.6 Å². The first kappa shape index (κ1) is 42.2. The summed E-state index contributed by atoms with van der Waals surface area (Å²) in [4.78, 5) is 54.0. The largest absolute Gasteiger partial charge is 0.452 e. The lowest BCUT2D eigenvalue weighted by atomic mass is 9.77. The molecule has 5 aromatic carbocycles. The van der Waals surface area contributed by atoms with Crippen LogP contribution in [0, 0.1) is 5.41 Å². The van der Waals surface area contributed by atoms with Gasteiger partial charge in [0.25, 0.3) is 5.91 Å². The van der Waals surface area contributed by atoms with Crippen molar-refractivity contribution in [3.8, 4) is 0 Å². The summed E-state index contributed by atoms with van der Waals surface area (Å²) in [6.07, 6.45) is 2.90. The minimum Gasteiger partial charge on any atom is -0.452 e. The fraction of sp³-hybridized carbons (Fsp3) is 0.204. The van der Waals surface area contributed by atoms with Gasteiger partial charge < -0.3 is 29.8 Å². The Hall–Kier alpha value is -6.54. The number of hydrogen-bond donors (Lipinski definition) is 2. The molecule has 2 aliphatic heterocycles. The lowest BCUT2D eigenvalue weighted by Gasteiger charge is -2.53. The average molecular weight is 864 g/mol. The molecule has 0 bridgehead atoms. The second kappa shape index (κ2) is 19.0. The van der Waals surface area contributed by atoms with E-state index in [0.29, 0.717) is 10.9 Å². The molecular weight excluding hydrogens is 819 g/mol. The van der Waals surface area contributed by atoms with Crippen molar-refractivity contribution in [1.29, 1.82) is 0 Å². The highest BCUT2D eigenvalue weighted by Crippen LogP contribution is 2.45. The molecule has 0 aliphatic carbocycles. The first-order valence-electron chi connectivity index (χ1n) is 20.1. The van der Waals surface area contributed by atoms with Gasteiger partial charge in [0, 0.05) is 24.8 Å². The van der Waals surface area contributed by atoms with Crippen molar-refractivity contribution in [2.45, 2.75) is 23.1 Å². The summed E-state index contributed by atoms with van der Waals surface area (Å²) in [6, 6.07) is 48.7. The van der Waals surface area contributed by atoms with Crippen LogP contribution in [0.5, 0.6) is 0 Å². The van der Waals surface area contributed by atoms with Gasteiger partial charge in [0.05, 0.1) is 6.61 Å². The summed E-state index contributed by atoms with van der Waals surface area (Å²) < 4.78 is 11.6. The quantitative estimate of drug-likeness (QED) is 0.0250. The number of carbonyl (C=O) groups is 3. The van der Waals surface area contributed by atoms with Crippen LogP contribution in [0.15, 0.2) is 174 Å². The molecule has 6 aromatic rings. The Bertz CT molecular complexity index is 2390. The molecule has 0 spiro atoms. The van der Waals surface area contributed by atoms with E-state index in [9.17, 15) is 14.4 Å². The molecule has 3 heterocycles. The summed E-state index contributed by atoms with van der Waals surface area (Å²) >= 11 is 2.73. The van der Waals surface area contributed by atoms with Crippen molar-refractivity contribution < 1.29 is 28.7 Å². The molecule has 314 valence electrons. The third-order valence-electron chi connectivity index (χ3n) is 11.0. The van der Waals surface area contributed by atoms with Crippen LogP contribution in [0.3, 0.4) is 0 Å².